The minimum Gasteiger partial charge on any atom is -0.452 e. The second kappa shape index (κ2) is 3.43. The molecule has 0 radical (unpaired) electrons. The van der Waals surface area contributed by atoms with Gasteiger partial charge in [-0.15, -0.1) is 0 Å². The van der Waals surface area contributed by atoms with Crippen LogP contribution in [-0.2, 0) is 0 Å². The van der Waals surface area contributed by atoms with Crippen LogP contribution in [0.15, 0.2) is 59.4 Å². The monoisotopic (exact) mass is 235 g/mol. The number of aromatic nitrogens is 3. The molecule has 0 spiro atoms. The molecule has 0 N–H and O–H groups in total. The van der Waals surface area contributed by atoms with Gasteiger partial charge in [-0.1, -0.05) is 6.07 Å². The molecule has 4 heteroatoms. The summed E-state index contributed by atoms with van der Waals surface area (Å²) >= 11 is 0. The Hall–Kier alpha value is -2.62. The first-order valence-electron chi connectivity index (χ1n) is 5.70. The van der Waals surface area contributed by atoms with Gasteiger partial charge in [0.2, 0.25) is 0 Å². The van der Waals surface area contributed by atoms with E-state index >= 15 is 0 Å². The van der Waals surface area contributed by atoms with Gasteiger partial charge in [-0.05, 0) is 30.3 Å². The lowest BCUT2D eigenvalue weighted by Crippen LogP contribution is -1.93. The van der Waals surface area contributed by atoms with Crippen molar-refractivity contribution >= 4 is 22.1 Å². The highest BCUT2D eigenvalue weighted by Gasteiger charge is 2.12. The molecule has 0 aliphatic carbocycles. The molecule has 0 saturated carbocycles. The van der Waals surface area contributed by atoms with E-state index in [1.165, 1.54) is 0 Å². The number of furan rings is 1. The predicted molar refractivity (Wildman–Crippen MR) is 68.6 cm³/mol. The molecule has 0 amide bonds. The summed E-state index contributed by atoms with van der Waals surface area (Å²) in [6, 6.07) is 11.7. The molecule has 4 rings (SSSR count). The molecule has 1 aromatic carbocycles. The maximum atomic E-state index is 5.88. The maximum Gasteiger partial charge on any atom is 0.162 e. The van der Waals surface area contributed by atoms with Crippen LogP contribution in [0, 0.1) is 0 Å². The van der Waals surface area contributed by atoms with Gasteiger partial charge in [-0.25, -0.2) is 4.68 Å². The van der Waals surface area contributed by atoms with E-state index < -0.39 is 0 Å². The van der Waals surface area contributed by atoms with Crippen molar-refractivity contribution in [2.24, 2.45) is 0 Å². The van der Waals surface area contributed by atoms with E-state index in [1.807, 2.05) is 42.6 Å². The maximum absolute atomic E-state index is 5.88. The minimum atomic E-state index is 0.798. The fourth-order valence-electron chi connectivity index (χ4n) is 2.20. The topological polar surface area (TPSA) is 43.9 Å². The molecule has 0 saturated heterocycles. The Balaban J connectivity index is 2.17. The van der Waals surface area contributed by atoms with Crippen LogP contribution in [0.2, 0.25) is 0 Å². The van der Waals surface area contributed by atoms with Gasteiger partial charge in [-0.3, -0.25) is 4.98 Å². The third-order valence-electron chi connectivity index (χ3n) is 2.98. The smallest absolute Gasteiger partial charge is 0.162 e. The van der Waals surface area contributed by atoms with E-state index in [9.17, 15) is 0 Å². The van der Waals surface area contributed by atoms with Gasteiger partial charge < -0.3 is 4.42 Å². The highest BCUT2D eigenvalue weighted by molar-refractivity contribution is 6.04. The van der Waals surface area contributed by atoms with Crippen molar-refractivity contribution in [1.82, 2.24) is 14.8 Å². The molecule has 4 aromatic rings. The molecule has 0 atom stereocenters. The average molecular weight is 235 g/mol. The molecule has 0 aliphatic heterocycles. The molecule has 0 aliphatic rings. The molecule has 3 heterocycles. The zero-order valence-electron chi connectivity index (χ0n) is 9.45. The Morgan fingerprint density at radius 1 is 1.00 bits per heavy atom. The van der Waals surface area contributed by atoms with Gasteiger partial charge in [0, 0.05) is 24.0 Å². The molecule has 4 nitrogen and oxygen atoms in total. The summed E-state index contributed by atoms with van der Waals surface area (Å²) < 4.78 is 7.68. The van der Waals surface area contributed by atoms with Crippen LogP contribution < -0.4 is 0 Å². The molecule has 18 heavy (non-hydrogen) atoms. The average Bonchev–Trinajstić information content (AvgIpc) is 3.05. The van der Waals surface area contributed by atoms with Gasteiger partial charge >= 0.3 is 0 Å². The number of benzene rings is 1. The highest BCUT2D eigenvalue weighted by Crippen LogP contribution is 2.30. The minimum absolute atomic E-state index is 0.798. The molecular formula is C14H9N3O. The van der Waals surface area contributed by atoms with Crippen molar-refractivity contribution in [2.45, 2.75) is 0 Å². The van der Waals surface area contributed by atoms with Crippen LogP contribution in [0.25, 0.3) is 27.8 Å². The van der Waals surface area contributed by atoms with Gasteiger partial charge in [0.1, 0.15) is 11.2 Å². The van der Waals surface area contributed by atoms with Crippen molar-refractivity contribution in [3.8, 4) is 5.69 Å². The normalized spacial score (nSPS) is 11.3. The van der Waals surface area contributed by atoms with E-state index in [4.69, 9.17) is 4.42 Å². The van der Waals surface area contributed by atoms with Crippen LogP contribution in [0.3, 0.4) is 0 Å². The van der Waals surface area contributed by atoms with Crippen molar-refractivity contribution in [3.05, 3.63) is 55.0 Å². The lowest BCUT2D eigenvalue weighted by molar-refractivity contribution is 0.661. The first-order valence-corrected chi connectivity index (χ1v) is 5.70. The Labute approximate surface area is 102 Å². The number of rotatable bonds is 1. The quantitative estimate of drug-likeness (QED) is 0.509. The fourth-order valence-corrected chi connectivity index (χ4v) is 2.20. The number of nitrogens with zero attached hydrogens (tertiary/aromatic N) is 3. The standard InChI is InChI=1S/C14H9N3O/c1-4-10-13-12(6-2-7-15-13)18-14(10)11(5-1)17-9-3-8-16-17/h1-9H. The van der Waals surface area contributed by atoms with E-state index in [1.54, 1.807) is 17.1 Å². The van der Waals surface area contributed by atoms with Gasteiger partial charge in [0.05, 0.1) is 0 Å². The second-order valence-corrected chi connectivity index (χ2v) is 4.06. The molecule has 0 fully saturated rings. The first-order chi connectivity index (χ1) is 8.93. The van der Waals surface area contributed by atoms with E-state index in [0.29, 0.717) is 0 Å². The summed E-state index contributed by atoms with van der Waals surface area (Å²) in [4.78, 5) is 4.37. The van der Waals surface area contributed by atoms with Crippen LogP contribution >= 0.6 is 0 Å². The second-order valence-electron chi connectivity index (χ2n) is 4.06. The number of fused-ring (bicyclic) bond motifs is 3. The lowest BCUT2D eigenvalue weighted by atomic mass is 10.2. The predicted octanol–water partition coefficient (Wildman–Crippen LogP) is 3.17. The Morgan fingerprint density at radius 2 is 2.00 bits per heavy atom. The zero-order chi connectivity index (χ0) is 11.9. The number of hydrogen-bond donors (Lipinski definition) is 0. The van der Waals surface area contributed by atoms with E-state index in [0.717, 1.165) is 27.8 Å². The van der Waals surface area contributed by atoms with Crippen molar-refractivity contribution < 1.29 is 4.42 Å². The fraction of sp³-hybridized carbons (Fsp3) is 0. The summed E-state index contributed by atoms with van der Waals surface area (Å²) in [5, 5.41) is 5.26. The van der Waals surface area contributed by atoms with Gasteiger partial charge in [-0.2, -0.15) is 5.10 Å². The zero-order valence-corrected chi connectivity index (χ0v) is 9.45. The largest absolute Gasteiger partial charge is 0.452 e. The van der Waals surface area contributed by atoms with Crippen LogP contribution in [0.5, 0.6) is 0 Å². The van der Waals surface area contributed by atoms with E-state index in [-0.39, 0.29) is 0 Å². The van der Waals surface area contributed by atoms with Crippen molar-refractivity contribution in [3.63, 3.8) is 0 Å². The van der Waals surface area contributed by atoms with Crippen LogP contribution in [-0.4, -0.2) is 14.8 Å². The Morgan fingerprint density at radius 3 is 2.89 bits per heavy atom. The number of hydrogen-bond acceptors (Lipinski definition) is 3. The Kier molecular flexibility index (Phi) is 1.80. The van der Waals surface area contributed by atoms with Crippen molar-refractivity contribution in [2.75, 3.05) is 0 Å². The SMILES string of the molecule is c1cnc2c(c1)oc1c(-n3cccn3)cccc12. The summed E-state index contributed by atoms with van der Waals surface area (Å²) in [7, 11) is 0. The van der Waals surface area contributed by atoms with Crippen LogP contribution in [0.1, 0.15) is 0 Å². The molecule has 86 valence electrons. The Bertz CT molecular complexity index is 831. The number of para-hydroxylation sites is 1. The first kappa shape index (κ1) is 9.41. The lowest BCUT2D eigenvalue weighted by Gasteiger charge is -2.00. The van der Waals surface area contributed by atoms with Crippen molar-refractivity contribution in [1.29, 1.82) is 0 Å². The molecule has 0 unspecified atom stereocenters. The summed E-state index contributed by atoms with van der Waals surface area (Å²) in [6.07, 6.45) is 5.42. The third-order valence-corrected chi connectivity index (χ3v) is 2.98. The van der Waals surface area contributed by atoms with Crippen LogP contribution in [0.4, 0.5) is 0 Å². The number of pyridine rings is 1. The highest BCUT2D eigenvalue weighted by atomic mass is 16.3. The van der Waals surface area contributed by atoms with Gasteiger partial charge in [0.25, 0.3) is 0 Å². The summed E-state index contributed by atoms with van der Waals surface area (Å²) in [5.74, 6) is 0. The summed E-state index contributed by atoms with van der Waals surface area (Å²) in [6.45, 7) is 0. The molecular weight excluding hydrogens is 226 g/mol. The van der Waals surface area contributed by atoms with Gasteiger partial charge in [0.15, 0.2) is 11.2 Å². The molecule has 0 bridgehead atoms. The third kappa shape index (κ3) is 1.20. The summed E-state index contributed by atoms with van der Waals surface area (Å²) in [5.41, 5.74) is 3.43. The van der Waals surface area contributed by atoms with E-state index in [2.05, 4.69) is 10.1 Å². The molecule has 3 aromatic heterocycles.